The molecule has 0 spiro atoms. The van der Waals surface area contributed by atoms with Gasteiger partial charge in [0, 0.05) is 54.9 Å². The van der Waals surface area contributed by atoms with Crippen LogP contribution in [0.25, 0.3) is 0 Å². The van der Waals surface area contributed by atoms with Crippen molar-refractivity contribution in [1.82, 2.24) is 39.2 Å². The van der Waals surface area contributed by atoms with Crippen LogP contribution in [0.2, 0.25) is 0 Å². The minimum atomic E-state index is -0.307. The number of hydrogen-bond donors (Lipinski definition) is 0. The van der Waals surface area contributed by atoms with Gasteiger partial charge in [0.2, 0.25) is 23.8 Å². The number of nitrogens with zero attached hydrogens (tertiary/aromatic N) is 12. The molecule has 46 heavy (non-hydrogen) atoms. The van der Waals surface area contributed by atoms with Crippen molar-refractivity contribution in [3.8, 4) is 0 Å². The van der Waals surface area contributed by atoms with Gasteiger partial charge in [-0.2, -0.15) is 0 Å². The van der Waals surface area contributed by atoms with Crippen LogP contribution in [0, 0.1) is 10.8 Å². The fourth-order valence-corrected chi connectivity index (χ4v) is 6.94. The smallest absolute Gasteiger partial charge is 0.267 e. The Balaban J connectivity index is 0.00000264. The maximum absolute atomic E-state index is 12.7. The molecule has 0 N–H and O–H groups in total. The van der Waals surface area contributed by atoms with Crippen LogP contribution in [0.4, 0.5) is 19.2 Å². The summed E-state index contributed by atoms with van der Waals surface area (Å²) >= 11 is 0. The normalized spacial score (nSPS) is 28.8. The van der Waals surface area contributed by atoms with Crippen LogP contribution >= 0.6 is 0 Å². The van der Waals surface area contributed by atoms with Gasteiger partial charge < -0.3 is 0 Å². The molecule has 8 amide bonds. The van der Waals surface area contributed by atoms with Crippen LogP contribution in [-0.4, -0.2) is 155 Å². The van der Waals surface area contributed by atoms with E-state index in [4.69, 9.17) is 4.99 Å². The van der Waals surface area contributed by atoms with E-state index in [1.165, 1.54) is 29.4 Å². The van der Waals surface area contributed by atoms with E-state index in [0.717, 1.165) is 19.3 Å². The summed E-state index contributed by atoms with van der Waals surface area (Å²) in [5.41, 5.74) is -0.228. The van der Waals surface area contributed by atoms with E-state index >= 15 is 0 Å². The minimum absolute atomic E-state index is 0. The highest BCUT2D eigenvalue weighted by Gasteiger charge is 2.51. The summed E-state index contributed by atoms with van der Waals surface area (Å²) in [4.78, 5) is 79.8. The molecule has 0 aromatic heterocycles. The molecule has 0 radical (unpaired) electrons. The topological polar surface area (TPSA) is 144 Å². The highest BCUT2D eigenvalue weighted by Crippen LogP contribution is 2.49. The predicted octanol–water partition coefficient (Wildman–Crippen LogP) is 4.18. The van der Waals surface area contributed by atoms with Gasteiger partial charge in [0.25, 0.3) is 0 Å². The molecule has 2 atom stereocenters. The molecular formula is C30H56N12O4. The molecule has 1 aliphatic carbocycles. The first-order chi connectivity index (χ1) is 19.6. The molecule has 4 aliphatic heterocycles. The van der Waals surface area contributed by atoms with Gasteiger partial charge >= 0.3 is 24.1 Å². The van der Waals surface area contributed by atoms with E-state index in [2.05, 4.69) is 35.7 Å². The van der Waals surface area contributed by atoms with E-state index in [1.807, 2.05) is 0 Å². The molecule has 260 valence electrons. The lowest BCUT2D eigenvalue weighted by molar-refractivity contribution is 0.0378. The zero-order chi connectivity index (χ0) is 30.9. The van der Waals surface area contributed by atoms with Crippen molar-refractivity contribution in [3.05, 3.63) is 0 Å². The quantitative estimate of drug-likeness (QED) is 0.408. The summed E-state index contributed by atoms with van der Waals surface area (Å²) in [6.07, 6.45) is 2.55. The maximum atomic E-state index is 12.7. The van der Waals surface area contributed by atoms with Crippen molar-refractivity contribution in [1.29, 1.82) is 0 Å². The van der Waals surface area contributed by atoms with Crippen LogP contribution in [-0.2, 0) is 0 Å². The fraction of sp³-hybridized carbons (Fsp3) is 0.733. The van der Waals surface area contributed by atoms with Gasteiger partial charge in [-0.05, 0) is 30.1 Å². The van der Waals surface area contributed by atoms with E-state index < -0.39 is 0 Å². The van der Waals surface area contributed by atoms with Crippen molar-refractivity contribution in [3.63, 3.8) is 0 Å². The molecule has 0 aromatic carbocycles. The Labute approximate surface area is 275 Å². The molecule has 5 aliphatic rings. The molecule has 2 unspecified atom stereocenters. The molecule has 16 nitrogen and oxygen atoms in total. The number of hydrogen-bond acceptors (Lipinski definition) is 8. The summed E-state index contributed by atoms with van der Waals surface area (Å²) in [7, 11) is 9.88. The third kappa shape index (κ3) is 6.12. The lowest BCUT2D eigenvalue weighted by Crippen LogP contribution is -2.71. The van der Waals surface area contributed by atoms with E-state index in [0.29, 0.717) is 30.4 Å². The second kappa shape index (κ2) is 13.6. The standard InChI is InChI=1S/C26H40N12O4.4CH4/c1-25(2)10-16(38-18(28-5)32(7)24(38)42)11-26(3,12-25)13-29-19-33(8)21(39)35(19)14-30-20-34(9)23(41)37(20)15-36-17(27-4)31(6)22(36)40;;;;/h16H,10-15H2,1-9H3;4*1H4. The van der Waals surface area contributed by atoms with Crippen molar-refractivity contribution < 1.29 is 19.2 Å². The molecule has 5 rings (SSSR count). The molecule has 16 heteroatoms. The van der Waals surface area contributed by atoms with Crippen LogP contribution in [0.5, 0.6) is 0 Å². The van der Waals surface area contributed by atoms with Crippen LogP contribution in [0.1, 0.15) is 69.7 Å². The number of guanidine groups is 4. The Morgan fingerprint density at radius 3 is 1.63 bits per heavy atom. The second-order valence-electron chi connectivity index (χ2n) is 12.6. The lowest BCUT2D eigenvalue weighted by atomic mass is 9.62. The number of carbonyl (C=O) groups excluding carboxylic acids is 4. The van der Waals surface area contributed by atoms with Gasteiger partial charge in [0.1, 0.15) is 13.3 Å². The van der Waals surface area contributed by atoms with Gasteiger partial charge in [0.05, 0.1) is 0 Å². The molecule has 4 heterocycles. The van der Waals surface area contributed by atoms with E-state index in [9.17, 15) is 19.2 Å². The van der Waals surface area contributed by atoms with Gasteiger partial charge in [-0.15, -0.1) is 0 Å². The van der Waals surface area contributed by atoms with Crippen LogP contribution in [0.15, 0.2) is 20.0 Å². The Hall–Kier alpha value is -4.24. The lowest BCUT2D eigenvalue weighted by Gasteiger charge is -2.53. The fourth-order valence-electron chi connectivity index (χ4n) is 6.94. The first-order valence-electron chi connectivity index (χ1n) is 13.9. The highest BCUT2D eigenvalue weighted by atomic mass is 16.2. The molecular weight excluding hydrogens is 592 g/mol. The number of urea groups is 4. The van der Waals surface area contributed by atoms with E-state index in [1.54, 1.807) is 52.1 Å². The minimum Gasteiger partial charge on any atom is -0.267 e. The zero-order valence-electron chi connectivity index (χ0n) is 25.8. The van der Waals surface area contributed by atoms with Crippen molar-refractivity contribution in [2.24, 2.45) is 30.8 Å². The van der Waals surface area contributed by atoms with Gasteiger partial charge in [0.15, 0.2) is 0 Å². The summed E-state index contributed by atoms with van der Waals surface area (Å²) in [6.45, 7) is 7.04. The average Bonchev–Trinajstić information content (AvgIpc) is 2.94. The summed E-state index contributed by atoms with van der Waals surface area (Å²) in [6, 6.07) is -0.852. The summed E-state index contributed by atoms with van der Waals surface area (Å²) in [5, 5.41) is 0. The molecule has 0 bridgehead atoms. The third-order valence-electron chi connectivity index (χ3n) is 8.61. The van der Waals surface area contributed by atoms with Gasteiger partial charge in [-0.3, -0.25) is 39.5 Å². The maximum Gasteiger partial charge on any atom is 0.334 e. The first kappa shape index (κ1) is 39.8. The highest BCUT2D eigenvalue weighted by molar-refractivity contribution is 6.17. The first-order valence-corrected chi connectivity index (χ1v) is 13.9. The van der Waals surface area contributed by atoms with Crippen LogP contribution in [0.3, 0.4) is 0 Å². The molecule has 1 saturated carbocycles. The largest absolute Gasteiger partial charge is 0.334 e. The molecule has 4 saturated heterocycles. The predicted molar refractivity (Wildman–Crippen MR) is 183 cm³/mol. The SMILES string of the molecule is C.C.C.C.CN=C1N(C)C(=O)N1CN1C(=O)N(C)C1=NCN1C(=O)N(C)C1=NCC1(C)CC(N2C(=O)N(C)C2=NC)CC(C)(C)C1. The Morgan fingerprint density at radius 2 is 1.09 bits per heavy atom. The number of carbonyl (C=O) groups is 4. The summed E-state index contributed by atoms with van der Waals surface area (Å²) in [5.74, 6) is 1.99. The Kier molecular flexibility index (Phi) is 11.8. The van der Waals surface area contributed by atoms with Crippen molar-refractivity contribution >= 4 is 48.0 Å². The monoisotopic (exact) mass is 648 g/mol. The Morgan fingerprint density at radius 1 is 0.630 bits per heavy atom. The number of amides is 8. The van der Waals surface area contributed by atoms with Gasteiger partial charge in [-0.1, -0.05) is 50.5 Å². The van der Waals surface area contributed by atoms with Gasteiger partial charge in [-0.25, -0.2) is 38.9 Å². The molecule has 0 aromatic rings. The Bertz CT molecular complexity index is 1360. The van der Waals surface area contributed by atoms with Crippen molar-refractivity contribution in [2.75, 3.05) is 62.2 Å². The average molecular weight is 649 g/mol. The third-order valence-corrected chi connectivity index (χ3v) is 8.61. The zero-order valence-corrected chi connectivity index (χ0v) is 25.8. The number of aliphatic imine (C=N–C) groups is 4. The number of rotatable bonds is 7. The van der Waals surface area contributed by atoms with Crippen molar-refractivity contribution in [2.45, 2.75) is 75.8 Å². The summed E-state index contributed by atoms with van der Waals surface area (Å²) < 4.78 is 0. The van der Waals surface area contributed by atoms with Crippen LogP contribution < -0.4 is 0 Å². The van der Waals surface area contributed by atoms with E-state index in [-0.39, 0.29) is 84.0 Å². The molecule has 5 fully saturated rings. The second-order valence-corrected chi connectivity index (χ2v) is 12.6.